The van der Waals surface area contributed by atoms with Crippen LogP contribution >= 0.6 is 11.6 Å². The van der Waals surface area contributed by atoms with E-state index in [1.165, 1.54) is 5.56 Å². The van der Waals surface area contributed by atoms with Crippen molar-refractivity contribution in [3.63, 3.8) is 0 Å². The number of anilines is 1. The third-order valence-corrected chi connectivity index (χ3v) is 10.8. The van der Waals surface area contributed by atoms with Crippen LogP contribution in [0.2, 0.25) is 5.02 Å². The molecule has 2 aliphatic rings. The second-order valence-electron chi connectivity index (χ2n) is 11.9. The molecule has 0 amide bonds. The molecule has 6 rings (SSSR count). The predicted octanol–water partition coefficient (Wildman–Crippen LogP) is 5.92. The lowest BCUT2D eigenvalue weighted by Gasteiger charge is -2.45. The number of aryl methyl sites for hydroxylation is 2. The minimum absolute atomic E-state index is 0.0448. The first kappa shape index (κ1) is 27.4. The summed E-state index contributed by atoms with van der Waals surface area (Å²) in [7, 11) is 0. The molecule has 1 aliphatic heterocycles. The number of halogens is 2. The molecule has 1 aliphatic carbocycles. The largest absolute Gasteiger partial charge is 0.598 e. The van der Waals surface area contributed by atoms with E-state index in [4.69, 9.17) is 21.7 Å². The summed E-state index contributed by atoms with van der Waals surface area (Å²) in [6.07, 6.45) is 6.90. The second kappa shape index (κ2) is 9.98. The van der Waals surface area contributed by atoms with Gasteiger partial charge in [-0.05, 0) is 93.7 Å². The topological polar surface area (TPSA) is 95.4 Å². The number of piperidine rings is 1. The van der Waals surface area contributed by atoms with Crippen LogP contribution in [0.1, 0.15) is 61.5 Å². The van der Waals surface area contributed by atoms with E-state index in [0.717, 1.165) is 71.9 Å². The number of pyridine rings is 1. The van der Waals surface area contributed by atoms with Crippen LogP contribution in [0.15, 0.2) is 42.7 Å². The Balaban J connectivity index is 1.33. The molecule has 0 saturated carbocycles. The number of nitrogens with two attached hydrogens (primary N) is 1. The Kier molecular flexibility index (Phi) is 6.85. The SMILES string of the molecule is Cc1nccc(-c2c(C)nc(N3CCC4(CC3)Cc3cc(F)ccc3[C@H]4CC(C)(C)[S+](N)[O-])c3ccnn23)c1Cl. The van der Waals surface area contributed by atoms with Crippen molar-refractivity contribution in [2.75, 3.05) is 18.0 Å². The van der Waals surface area contributed by atoms with Gasteiger partial charge in [-0.25, -0.2) is 13.9 Å². The van der Waals surface area contributed by atoms with Gasteiger partial charge in [0.2, 0.25) is 0 Å². The molecule has 1 unspecified atom stereocenters. The zero-order chi connectivity index (χ0) is 28.4. The zero-order valence-electron chi connectivity index (χ0n) is 23.2. The average molecular weight is 581 g/mol. The van der Waals surface area contributed by atoms with Crippen LogP contribution in [0, 0.1) is 25.1 Å². The number of hydrogen-bond acceptors (Lipinski definition) is 6. The van der Waals surface area contributed by atoms with Gasteiger partial charge in [0.1, 0.15) is 16.1 Å². The molecule has 3 aromatic heterocycles. The van der Waals surface area contributed by atoms with E-state index in [9.17, 15) is 8.94 Å². The van der Waals surface area contributed by atoms with Gasteiger partial charge in [0.25, 0.3) is 0 Å². The van der Waals surface area contributed by atoms with Gasteiger partial charge in [0.05, 0.1) is 28.3 Å². The van der Waals surface area contributed by atoms with Gasteiger partial charge >= 0.3 is 0 Å². The van der Waals surface area contributed by atoms with E-state index in [1.54, 1.807) is 24.5 Å². The summed E-state index contributed by atoms with van der Waals surface area (Å²) >= 11 is 5.20. The number of fused-ring (bicyclic) bond motifs is 2. The van der Waals surface area contributed by atoms with E-state index in [2.05, 4.69) is 15.0 Å². The standard InChI is InChI=1S/C30H34ClFN6OS/c1-18-26(31)23(7-11-34-18)27-19(2)36-28(25-8-12-35-38(25)27)37-13-9-30(10-14-37)16-20-15-21(32)5-6-22(20)24(30)17-29(3,4)40(33)39/h5-8,11-12,15,24H,9-10,13-14,16-17,33H2,1-4H3/t24-,40?/m1/s1. The van der Waals surface area contributed by atoms with Crippen molar-refractivity contribution in [3.05, 3.63) is 76.1 Å². The quantitative estimate of drug-likeness (QED) is 0.295. The molecule has 40 heavy (non-hydrogen) atoms. The Bertz CT molecular complexity index is 1600. The van der Waals surface area contributed by atoms with Gasteiger partial charge in [-0.3, -0.25) is 4.98 Å². The Hall–Kier alpha value is -2.72. The number of benzene rings is 1. The molecule has 0 radical (unpaired) electrons. The molecule has 4 aromatic rings. The molecule has 10 heteroatoms. The van der Waals surface area contributed by atoms with Crippen LogP contribution in [0.25, 0.3) is 16.8 Å². The fraction of sp³-hybridized carbons (Fsp3) is 0.433. The lowest BCUT2D eigenvalue weighted by Crippen LogP contribution is -2.46. The van der Waals surface area contributed by atoms with E-state index in [-0.39, 0.29) is 17.2 Å². The van der Waals surface area contributed by atoms with Crippen molar-refractivity contribution in [1.29, 1.82) is 0 Å². The first-order valence-electron chi connectivity index (χ1n) is 13.7. The smallest absolute Gasteiger partial charge is 0.155 e. The molecule has 2 N–H and O–H groups in total. The number of hydrogen-bond donors (Lipinski definition) is 1. The number of rotatable bonds is 5. The third-order valence-electron chi connectivity index (χ3n) is 9.08. The summed E-state index contributed by atoms with van der Waals surface area (Å²) in [5.41, 5.74) is 6.44. The number of nitrogens with zero attached hydrogens (tertiary/aromatic N) is 5. The van der Waals surface area contributed by atoms with Crippen LogP contribution in [0.4, 0.5) is 10.2 Å². The number of aromatic nitrogens is 4. The Morgan fingerprint density at radius 1 is 1.15 bits per heavy atom. The third kappa shape index (κ3) is 4.47. The van der Waals surface area contributed by atoms with Crippen molar-refractivity contribution in [2.24, 2.45) is 10.6 Å². The van der Waals surface area contributed by atoms with E-state index < -0.39 is 16.1 Å². The Morgan fingerprint density at radius 2 is 1.90 bits per heavy atom. The summed E-state index contributed by atoms with van der Waals surface area (Å²) in [4.78, 5) is 11.7. The van der Waals surface area contributed by atoms with Gasteiger partial charge < -0.3 is 9.45 Å². The first-order chi connectivity index (χ1) is 19.0. The second-order valence-corrected chi connectivity index (χ2v) is 14.0. The van der Waals surface area contributed by atoms with Gasteiger partial charge in [0.15, 0.2) is 5.82 Å². The van der Waals surface area contributed by atoms with Crippen LogP contribution in [0.5, 0.6) is 0 Å². The molecule has 1 fully saturated rings. The van der Waals surface area contributed by atoms with Crippen LogP contribution in [-0.4, -0.2) is 42.0 Å². The maximum Gasteiger partial charge on any atom is 0.155 e. The van der Waals surface area contributed by atoms with Crippen molar-refractivity contribution in [1.82, 2.24) is 19.6 Å². The summed E-state index contributed by atoms with van der Waals surface area (Å²) in [5, 5.41) is 11.2. The minimum atomic E-state index is -1.46. The molecule has 210 valence electrons. The predicted molar refractivity (Wildman–Crippen MR) is 158 cm³/mol. The highest BCUT2D eigenvalue weighted by atomic mass is 35.5. The van der Waals surface area contributed by atoms with Gasteiger partial charge in [-0.2, -0.15) is 10.2 Å². The molecule has 1 spiro atoms. The minimum Gasteiger partial charge on any atom is -0.598 e. The highest BCUT2D eigenvalue weighted by molar-refractivity contribution is 7.90. The molecule has 1 saturated heterocycles. The molecule has 1 aromatic carbocycles. The van der Waals surface area contributed by atoms with Crippen LogP contribution < -0.4 is 10.0 Å². The average Bonchev–Trinajstić information content (AvgIpc) is 3.49. The Morgan fingerprint density at radius 3 is 2.62 bits per heavy atom. The normalized spacial score (nSPS) is 19.4. The fourth-order valence-electron chi connectivity index (χ4n) is 6.84. The lowest BCUT2D eigenvalue weighted by molar-refractivity contribution is 0.170. The van der Waals surface area contributed by atoms with Crippen LogP contribution in [-0.2, 0) is 17.8 Å². The summed E-state index contributed by atoms with van der Waals surface area (Å²) in [6.45, 7) is 9.43. The molecule has 2 atom stereocenters. The molecule has 4 heterocycles. The molecule has 0 bridgehead atoms. The highest BCUT2D eigenvalue weighted by Crippen LogP contribution is 2.57. The van der Waals surface area contributed by atoms with Crippen molar-refractivity contribution in [2.45, 2.75) is 64.0 Å². The maximum atomic E-state index is 14.2. The monoisotopic (exact) mass is 580 g/mol. The van der Waals surface area contributed by atoms with Crippen LogP contribution in [0.3, 0.4) is 0 Å². The maximum absolute atomic E-state index is 14.2. The fourth-order valence-corrected chi connectivity index (χ4v) is 7.37. The van der Waals surface area contributed by atoms with E-state index >= 15 is 0 Å². The van der Waals surface area contributed by atoms with Crippen molar-refractivity contribution < 1.29 is 8.94 Å². The van der Waals surface area contributed by atoms with Gasteiger partial charge in [-0.1, -0.05) is 17.7 Å². The van der Waals surface area contributed by atoms with Crippen molar-refractivity contribution in [3.8, 4) is 11.3 Å². The Labute approximate surface area is 242 Å². The van der Waals surface area contributed by atoms with E-state index in [1.807, 2.05) is 50.4 Å². The molecular formula is C30H34ClFN6OS. The summed E-state index contributed by atoms with van der Waals surface area (Å²) in [6, 6.07) is 9.06. The summed E-state index contributed by atoms with van der Waals surface area (Å²) in [5.74, 6) is 0.856. The highest BCUT2D eigenvalue weighted by Gasteiger charge is 2.51. The summed E-state index contributed by atoms with van der Waals surface area (Å²) < 4.78 is 28.1. The molecule has 7 nitrogen and oxygen atoms in total. The van der Waals surface area contributed by atoms with Gasteiger partial charge in [0, 0.05) is 42.6 Å². The zero-order valence-corrected chi connectivity index (χ0v) is 24.8. The lowest BCUT2D eigenvalue weighted by atomic mass is 9.66. The van der Waals surface area contributed by atoms with Gasteiger partial charge in [-0.15, -0.1) is 0 Å². The van der Waals surface area contributed by atoms with Crippen molar-refractivity contribution >= 4 is 34.3 Å². The molecular weight excluding hydrogens is 547 g/mol. The van der Waals surface area contributed by atoms with E-state index in [0.29, 0.717) is 11.4 Å². The first-order valence-corrected chi connectivity index (χ1v) is 15.3.